The highest BCUT2D eigenvalue weighted by molar-refractivity contribution is 6.23. The van der Waals surface area contributed by atoms with E-state index in [0.717, 1.165) is 5.56 Å². The fourth-order valence-electron chi connectivity index (χ4n) is 4.17. The number of rotatable bonds is 7. The highest BCUT2D eigenvalue weighted by atomic mass is 16.6. The van der Waals surface area contributed by atoms with Gasteiger partial charge in [0.1, 0.15) is 11.5 Å². The monoisotopic (exact) mass is 506 g/mol. The number of carbonyl (C=O) groups excluding carboxylic acids is 2. The number of hydrogen-bond acceptors (Lipinski definition) is 6. The molecular formula is C30H22N2O6. The molecular weight excluding hydrogens is 484 g/mol. The number of esters is 1. The summed E-state index contributed by atoms with van der Waals surface area (Å²) in [5, 5.41) is 10.9. The van der Waals surface area contributed by atoms with Crippen molar-refractivity contribution in [3.05, 3.63) is 130 Å². The van der Waals surface area contributed by atoms with Crippen molar-refractivity contribution in [1.29, 1.82) is 0 Å². The van der Waals surface area contributed by atoms with Crippen LogP contribution in [0.4, 0.5) is 11.4 Å². The Balaban J connectivity index is 1.50. The number of carbonyl (C=O) groups is 2. The van der Waals surface area contributed by atoms with Crippen molar-refractivity contribution < 1.29 is 23.7 Å². The lowest BCUT2D eigenvalue weighted by Crippen LogP contribution is -2.25. The highest BCUT2D eigenvalue weighted by Crippen LogP contribution is 2.36. The third kappa shape index (κ3) is 4.87. The summed E-state index contributed by atoms with van der Waals surface area (Å²) < 4.78 is 11.1. The Morgan fingerprint density at radius 1 is 0.974 bits per heavy atom. The molecule has 0 fully saturated rings. The molecule has 1 aliphatic rings. The first-order valence-electron chi connectivity index (χ1n) is 11.9. The van der Waals surface area contributed by atoms with E-state index in [1.165, 1.54) is 12.1 Å². The van der Waals surface area contributed by atoms with Crippen LogP contribution in [0.25, 0.3) is 23.1 Å². The molecule has 1 amide bonds. The van der Waals surface area contributed by atoms with Gasteiger partial charge in [-0.3, -0.25) is 19.8 Å². The number of non-ortho nitro benzene ring substituents is 1. The number of nitro benzene ring substituents is 1. The Morgan fingerprint density at radius 2 is 1.74 bits per heavy atom. The van der Waals surface area contributed by atoms with Gasteiger partial charge in [0.25, 0.3) is 11.6 Å². The van der Waals surface area contributed by atoms with Crippen molar-refractivity contribution in [2.45, 2.75) is 6.92 Å². The number of anilines is 1. The average Bonchev–Trinajstić information content (AvgIpc) is 3.54. The summed E-state index contributed by atoms with van der Waals surface area (Å²) in [5.74, 6) is 0.227. The number of hydrogen-bond donors (Lipinski definition) is 0. The molecule has 8 nitrogen and oxygen atoms in total. The van der Waals surface area contributed by atoms with Gasteiger partial charge in [0.05, 0.1) is 28.5 Å². The van der Waals surface area contributed by atoms with Gasteiger partial charge in [0.2, 0.25) is 0 Å². The summed E-state index contributed by atoms with van der Waals surface area (Å²) in [7, 11) is 0. The minimum absolute atomic E-state index is 0.00936. The molecule has 8 heteroatoms. The molecule has 1 aromatic heterocycles. The number of ether oxygens (including phenoxy) is 1. The van der Waals surface area contributed by atoms with Crippen molar-refractivity contribution in [3.63, 3.8) is 0 Å². The molecule has 0 N–H and O–H groups in total. The van der Waals surface area contributed by atoms with Crippen molar-refractivity contribution in [2.75, 3.05) is 11.5 Å². The number of amides is 1. The zero-order valence-electron chi connectivity index (χ0n) is 20.4. The van der Waals surface area contributed by atoms with Gasteiger partial charge in [0, 0.05) is 23.3 Å². The Kier molecular flexibility index (Phi) is 6.69. The smallest absolute Gasteiger partial charge is 0.338 e. The summed E-state index contributed by atoms with van der Waals surface area (Å²) in [5.41, 5.74) is 3.43. The number of nitro groups is 1. The van der Waals surface area contributed by atoms with Gasteiger partial charge in [-0.05, 0) is 67.1 Å². The Hall–Kier alpha value is -5.24. The molecule has 0 aliphatic carbocycles. The zero-order chi connectivity index (χ0) is 26.6. The van der Waals surface area contributed by atoms with Crippen LogP contribution in [-0.2, 0) is 9.53 Å². The molecule has 0 unspecified atom stereocenters. The second-order valence-electron chi connectivity index (χ2n) is 8.41. The largest absolute Gasteiger partial charge is 0.462 e. The van der Waals surface area contributed by atoms with Gasteiger partial charge >= 0.3 is 5.97 Å². The summed E-state index contributed by atoms with van der Waals surface area (Å²) in [6, 6.07) is 25.8. The summed E-state index contributed by atoms with van der Waals surface area (Å²) in [6.07, 6.45) is 3.43. The first-order valence-corrected chi connectivity index (χ1v) is 11.9. The maximum absolute atomic E-state index is 13.7. The van der Waals surface area contributed by atoms with E-state index in [1.54, 1.807) is 72.5 Å². The fourth-order valence-corrected chi connectivity index (χ4v) is 4.17. The standard InChI is InChI=1S/C30H22N2O6/c1-2-37-30(34)22-9-6-10-25(17-22)31-27(20-7-4-3-5-8-20)19-23(29(31)33)18-26-15-16-28(38-26)21-11-13-24(14-12-21)32(35)36/h3-19H,2H2,1H3/b23-18+. The van der Waals surface area contributed by atoms with Gasteiger partial charge in [-0.15, -0.1) is 0 Å². The van der Waals surface area contributed by atoms with E-state index >= 15 is 0 Å². The lowest BCUT2D eigenvalue weighted by Gasteiger charge is -2.21. The van der Waals surface area contributed by atoms with Crippen LogP contribution in [0.5, 0.6) is 0 Å². The predicted octanol–water partition coefficient (Wildman–Crippen LogP) is 6.50. The van der Waals surface area contributed by atoms with Crippen molar-refractivity contribution in [2.24, 2.45) is 0 Å². The topological polar surface area (TPSA) is 103 Å². The second kappa shape index (κ2) is 10.4. The molecule has 0 spiro atoms. The normalized spacial score (nSPS) is 14.0. The molecule has 1 aliphatic heterocycles. The van der Waals surface area contributed by atoms with Gasteiger partial charge in [-0.1, -0.05) is 36.4 Å². The summed E-state index contributed by atoms with van der Waals surface area (Å²) in [4.78, 5) is 38.0. The fraction of sp³-hybridized carbons (Fsp3) is 0.0667. The van der Waals surface area contributed by atoms with E-state index in [-0.39, 0.29) is 18.2 Å². The van der Waals surface area contributed by atoms with Crippen LogP contribution in [0.2, 0.25) is 0 Å². The molecule has 0 saturated carbocycles. The van der Waals surface area contributed by atoms with E-state index in [1.807, 2.05) is 30.3 Å². The lowest BCUT2D eigenvalue weighted by atomic mass is 10.1. The SMILES string of the molecule is CCOC(=O)c1cccc(N2C(=O)/C(=C/c3ccc(-c4ccc([N+](=O)[O-])cc4)o3)C=C2c2ccccc2)c1. The molecule has 0 saturated heterocycles. The minimum Gasteiger partial charge on any atom is -0.462 e. The Bertz CT molecular complexity index is 1580. The van der Waals surface area contributed by atoms with E-state index in [0.29, 0.717) is 39.6 Å². The molecule has 4 aromatic rings. The van der Waals surface area contributed by atoms with E-state index in [2.05, 4.69) is 0 Å². The first kappa shape index (κ1) is 24.5. The quantitative estimate of drug-likeness (QED) is 0.123. The van der Waals surface area contributed by atoms with Crippen LogP contribution in [0, 0.1) is 10.1 Å². The molecule has 0 radical (unpaired) electrons. The maximum atomic E-state index is 13.7. The zero-order valence-corrected chi connectivity index (χ0v) is 20.4. The van der Waals surface area contributed by atoms with E-state index in [4.69, 9.17) is 9.15 Å². The minimum atomic E-state index is -0.462. The summed E-state index contributed by atoms with van der Waals surface area (Å²) in [6.45, 7) is 1.99. The third-order valence-corrected chi connectivity index (χ3v) is 5.96. The first-order chi connectivity index (χ1) is 18.4. The van der Waals surface area contributed by atoms with Crippen LogP contribution in [0.3, 0.4) is 0 Å². The van der Waals surface area contributed by atoms with Crippen LogP contribution in [-0.4, -0.2) is 23.4 Å². The van der Waals surface area contributed by atoms with Crippen molar-refractivity contribution in [1.82, 2.24) is 0 Å². The molecule has 38 heavy (non-hydrogen) atoms. The molecule has 0 bridgehead atoms. The molecule has 5 rings (SSSR count). The number of nitrogens with zero attached hydrogens (tertiary/aromatic N) is 2. The highest BCUT2D eigenvalue weighted by Gasteiger charge is 2.31. The van der Waals surface area contributed by atoms with E-state index < -0.39 is 10.9 Å². The number of benzene rings is 3. The Labute approximate surface area is 218 Å². The summed E-state index contributed by atoms with van der Waals surface area (Å²) >= 11 is 0. The second-order valence-corrected chi connectivity index (χ2v) is 8.41. The van der Waals surface area contributed by atoms with Gasteiger partial charge in [0.15, 0.2) is 0 Å². The average molecular weight is 507 g/mol. The van der Waals surface area contributed by atoms with E-state index in [9.17, 15) is 19.7 Å². The number of furan rings is 1. The predicted molar refractivity (Wildman–Crippen MR) is 143 cm³/mol. The molecule has 0 atom stereocenters. The van der Waals surface area contributed by atoms with Crippen molar-refractivity contribution >= 4 is 35.0 Å². The molecule has 188 valence electrons. The van der Waals surface area contributed by atoms with Crippen LogP contribution >= 0.6 is 0 Å². The van der Waals surface area contributed by atoms with Gasteiger partial charge < -0.3 is 9.15 Å². The van der Waals surface area contributed by atoms with Crippen molar-refractivity contribution in [3.8, 4) is 11.3 Å². The van der Waals surface area contributed by atoms with Gasteiger partial charge in [-0.2, -0.15) is 0 Å². The third-order valence-electron chi connectivity index (χ3n) is 5.96. The van der Waals surface area contributed by atoms with Crippen LogP contribution in [0.15, 0.2) is 107 Å². The van der Waals surface area contributed by atoms with Crippen LogP contribution in [0.1, 0.15) is 28.6 Å². The van der Waals surface area contributed by atoms with Crippen LogP contribution < -0.4 is 4.90 Å². The molecule has 3 aromatic carbocycles. The maximum Gasteiger partial charge on any atom is 0.338 e. The Morgan fingerprint density at radius 3 is 2.45 bits per heavy atom. The molecule has 2 heterocycles. The van der Waals surface area contributed by atoms with Gasteiger partial charge in [-0.25, -0.2) is 4.79 Å². The lowest BCUT2D eigenvalue weighted by molar-refractivity contribution is -0.384.